The zero-order chi connectivity index (χ0) is 10.8. The van der Waals surface area contributed by atoms with Gasteiger partial charge in [0.15, 0.2) is 0 Å². The highest BCUT2D eigenvalue weighted by molar-refractivity contribution is 5.27. The first kappa shape index (κ1) is 11.2. The molecule has 0 spiro atoms. The fourth-order valence-electron chi connectivity index (χ4n) is 1.37. The number of hydroxylamine groups is 2. The summed E-state index contributed by atoms with van der Waals surface area (Å²) in [5.74, 6) is 0. The molecule has 1 N–H and O–H groups in total. The van der Waals surface area contributed by atoms with Gasteiger partial charge in [0.25, 0.3) is 0 Å². The molecule has 14 heavy (non-hydrogen) atoms. The van der Waals surface area contributed by atoms with Crippen LogP contribution in [0.3, 0.4) is 0 Å². The van der Waals surface area contributed by atoms with Crippen LogP contribution in [0.25, 0.3) is 0 Å². The van der Waals surface area contributed by atoms with Crippen molar-refractivity contribution in [2.75, 3.05) is 7.05 Å². The molecule has 1 aromatic rings. The van der Waals surface area contributed by atoms with E-state index in [0.717, 1.165) is 5.56 Å². The van der Waals surface area contributed by atoms with Crippen LogP contribution in [0.2, 0.25) is 0 Å². The molecular weight excluding hydrogens is 174 g/mol. The summed E-state index contributed by atoms with van der Waals surface area (Å²) < 4.78 is 0. The molecule has 0 aliphatic carbocycles. The summed E-state index contributed by atoms with van der Waals surface area (Å²) in [6.07, 6.45) is 0. The molecular formula is C12H19NO. The molecule has 0 amide bonds. The molecule has 78 valence electrons. The van der Waals surface area contributed by atoms with Crippen LogP contribution in [0.15, 0.2) is 24.3 Å². The Bertz CT molecular complexity index is 282. The minimum atomic E-state index is 0.198. The van der Waals surface area contributed by atoms with E-state index in [1.807, 2.05) is 0 Å². The van der Waals surface area contributed by atoms with Gasteiger partial charge in [-0.05, 0) is 16.5 Å². The lowest BCUT2D eigenvalue weighted by Gasteiger charge is -2.19. The Balaban J connectivity index is 2.79. The van der Waals surface area contributed by atoms with Crippen LogP contribution in [0.4, 0.5) is 0 Å². The van der Waals surface area contributed by atoms with Gasteiger partial charge in [0.05, 0.1) is 0 Å². The molecule has 1 rings (SSSR count). The lowest BCUT2D eigenvalue weighted by molar-refractivity contribution is -0.0731. The summed E-state index contributed by atoms with van der Waals surface area (Å²) in [6, 6.07) is 8.37. The van der Waals surface area contributed by atoms with Crippen molar-refractivity contribution in [3.63, 3.8) is 0 Å². The molecule has 0 aliphatic rings. The first-order valence-electron chi connectivity index (χ1n) is 4.89. The van der Waals surface area contributed by atoms with E-state index in [9.17, 15) is 0 Å². The zero-order valence-electron chi connectivity index (χ0n) is 9.41. The van der Waals surface area contributed by atoms with Crippen molar-refractivity contribution < 1.29 is 5.21 Å². The van der Waals surface area contributed by atoms with Crippen molar-refractivity contribution in [2.24, 2.45) is 0 Å². The van der Waals surface area contributed by atoms with Gasteiger partial charge in [0.1, 0.15) is 0 Å². The maximum absolute atomic E-state index is 9.07. The van der Waals surface area contributed by atoms with Crippen molar-refractivity contribution in [1.82, 2.24) is 5.06 Å². The second-order valence-electron chi connectivity index (χ2n) is 4.76. The second kappa shape index (κ2) is 4.11. The number of hydrogen-bond donors (Lipinski definition) is 1. The van der Waals surface area contributed by atoms with E-state index in [0.29, 0.717) is 6.54 Å². The molecule has 0 fully saturated rings. The van der Waals surface area contributed by atoms with Gasteiger partial charge in [-0.3, -0.25) is 0 Å². The smallest absolute Gasteiger partial charge is 0.0485 e. The summed E-state index contributed by atoms with van der Waals surface area (Å²) in [5.41, 5.74) is 2.65. The Morgan fingerprint density at radius 3 is 2.00 bits per heavy atom. The summed E-state index contributed by atoms with van der Waals surface area (Å²) in [5, 5.41) is 10.3. The molecule has 0 aliphatic heterocycles. The topological polar surface area (TPSA) is 23.5 Å². The third kappa shape index (κ3) is 3.13. The third-order valence-corrected chi connectivity index (χ3v) is 2.23. The van der Waals surface area contributed by atoms with Gasteiger partial charge in [-0.15, -0.1) is 0 Å². The minimum Gasteiger partial charge on any atom is -0.314 e. The SMILES string of the molecule is CN(O)Cc1ccc(C(C)(C)C)cc1. The highest BCUT2D eigenvalue weighted by Gasteiger charge is 2.12. The van der Waals surface area contributed by atoms with E-state index in [1.54, 1.807) is 7.05 Å². The Morgan fingerprint density at radius 2 is 1.64 bits per heavy atom. The first-order chi connectivity index (χ1) is 6.39. The van der Waals surface area contributed by atoms with E-state index >= 15 is 0 Å². The molecule has 0 atom stereocenters. The number of hydrogen-bond acceptors (Lipinski definition) is 2. The van der Waals surface area contributed by atoms with Crippen LogP contribution in [-0.2, 0) is 12.0 Å². The fraction of sp³-hybridized carbons (Fsp3) is 0.500. The fourth-order valence-corrected chi connectivity index (χ4v) is 1.37. The standard InChI is InChI=1S/C12H19NO/c1-12(2,3)11-7-5-10(6-8-11)9-13(4)14/h5-8,14H,9H2,1-4H3. The van der Waals surface area contributed by atoms with Crippen molar-refractivity contribution in [3.05, 3.63) is 35.4 Å². The summed E-state index contributed by atoms with van der Waals surface area (Å²) in [6.45, 7) is 7.16. The Kier molecular flexibility index (Phi) is 3.29. The summed E-state index contributed by atoms with van der Waals surface area (Å²) in [7, 11) is 1.65. The van der Waals surface area contributed by atoms with Crippen LogP contribution in [0, 0.1) is 0 Å². The summed E-state index contributed by atoms with van der Waals surface area (Å²) >= 11 is 0. The lowest BCUT2D eigenvalue weighted by atomic mass is 9.87. The van der Waals surface area contributed by atoms with E-state index in [1.165, 1.54) is 10.6 Å². The monoisotopic (exact) mass is 193 g/mol. The minimum absolute atomic E-state index is 0.198. The quantitative estimate of drug-likeness (QED) is 0.730. The molecule has 0 aromatic heterocycles. The van der Waals surface area contributed by atoms with Crippen LogP contribution in [-0.4, -0.2) is 17.3 Å². The maximum atomic E-state index is 9.07. The Morgan fingerprint density at radius 1 is 1.14 bits per heavy atom. The molecule has 0 radical (unpaired) electrons. The third-order valence-electron chi connectivity index (χ3n) is 2.23. The maximum Gasteiger partial charge on any atom is 0.0485 e. The molecule has 0 bridgehead atoms. The second-order valence-corrected chi connectivity index (χ2v) is 4.76. The van der Waals surface area contributed by atoms with E-state index in [2.05, 4.69) is 45.0 Å². The summed E-state index contributed by atoms with van der Waals surface area (Å²) in [4.78, 5) is 0. The number of benzene rings is 1. The molecule has 1 aromatic carbocycles. The average Bonchev–Trinajstić information content (AvgIpc) is 2.02. The average molecular weight is 193 g/mol. The molecule has 0 saturated carbocycles. The molecule has 2 heteroatoms. The molecule has 0 unspecified atom stereocenters. The first-order valence-corrected chi connectivity index (χ1v) is 4.89. The van der Waals surface area contributed by atoms with Crippen molar-refractivity contribution in [3.8, 4) is 0 Å². The van der Waals surface area contributed by atoms with E-state index in [-0.39, 0.29) is 5.41 Å². The normalized spacial score (nSPS) is 12.1. The van der Waals surface area contributed by atoms with Gasteiger partial charge < -0.3 is 5.21 Å². The highest BCUT2D eigenvalue weighted by atomic mass is 16.5. The van der Waals surface area contributed by atoms with Crippen molar-refractivity contribution >= 4 is 0 Å². The molecule has 0 saturated heterocycles. The van der Waals surface area contributed by atoms with E-state index in [4.69, 9.17) is 5.21 Å². The van der Waals surface area contributed by atoms with Gasteiger partial charge in [-0.2, -0.15) is 5.06 Å². The Labute approximate surface area is 86.1 Å². The molecule has 2 nitrogen and oxygen atoms in total. The zero-order valence-corrected chi connectivity index (χ0v) is 9.41. The van der Waals surface area contributed by atoms with Gasteiger partial charge in [-0.1, -0.05) is 45.0 Å². The number of rotatable bonds is 2. The molecule has 0 heterocycles. The lowest BCUT2D eigenvalue weighted by Crippen LogP contribution is -2.13. The van der Waals surface area contributed by atoms with E-state index < -0.39 is 0 Å². The van der Waals surface area contributed by atoms with Crippen LogP contribution in [0.5, 0.6) is 0 Å². The van der Waals surface area contributed by atoms with Crippen LogP contribution < -0.4 is 0 Å². The number of nitrogens with zero attached hydrogens (tertiary/aromatic N) is 1. The van der Waals surface area contributed by atoms with Gasteiger partial charge >= 0.3 is 0 Å². The van der Waals surface area contributed by atoms with Crippen LogP contribution in [0.1, 0.15) is 31.9 Å². The largest absolute Gasteiger partial charge is 0.314 e. The van der Waals surface area contributed by atoms with Gasteiger partial charge in [0, 0.05) is 13.6 Å². The van der Waals surface area contributed by atoms with Crippen molar-refractivity contribution in [2.45, 2.75) is 32.7 Å². The van der Waals surface area contributed by atoms with Crippen molar-refractivity contribution in [1.29, 1.82) is 0 Å². The predicted molar refractivity (Wildman–Crippen MR) is 58.4 cm³/mol. The van der Waals surface area contributed by atoms with Gasteiger partial charge in [0.2, 0.25) is 0 Å². The predicted octanol–water partition coefficient (Wildman–Crippen LogP) is 2.81. The van der Waals surface area contributed by atoms with Gasteiger partial charge in [-0.25, -0.2) is 0 Å². The Hall–Kier alpha value is -0.860. The highest BCUT2D eigenvalue weighted by Crippen LogP contribution is 2.22. The van der Waals surface area contributed by atoms with Crippen LogP contribution >= 0.6 is 0 Å².